The van der Waals surface area contributed by atoms with Gasteiger partial charge in [0.05, 0.1) is 6.04 Å². The third-order valence-corrected chi connectivity index (χ3v) is 2.35. The smallest absolute Gasteiger partial charge is 0.118 e. The maximum Gasteiger partial charge on any atom is 0.118 e. The van der Waals surface area contributed by atoms with Crippen LogP contribution in [-0.4, -0.2) is 36.4 Å². The average molecular weight is 194 g/mol. The predicted octanol–water partition coefficient (Wildman–Crippen LogP) is 0.436. The summed E-state index contributed by atoms with van der Waals surface area (Å²) in [5.41, 5.74) is 6.69. The van der Waals surface area contributed by atoms with Gasteiger partial charge in [-0.2, -0.15) is 0 Å². The zero-order valence-electron chi connectivity index (χ0n) is 8.72. The standard InChI is InChI=1S/C11H18N2O/c1-13(2)10(11(12)14)8-9-6-4-3-5-7-9/h3-7,10-11,14H,8,12H2,1-2H3. The van der Waals surface area contributed by atoms with E-state index in [1.165, 1.54) is 5.56 Å². The first-order valence-electron chi connectivity index (χ1n) is 4.75. The fourth-order valence-electron chi connectivity index (χ4n) is 1.46. The van der Waals surface area contributed by atoms with E-state index in [0.717, 1.165) is 6.42 Å². The van der Waals surface area contributed by atoms with Crippen LogP contribution in [0.1, 0.15) is 5.56 Å². The molecule has 78 valence electrons. The summed E-state index contributed by atoms with van der Waals surface area (Å²) >= 11 is 0. The van der Waals surface area contributed by atoms with E-state index in [9.17, 15) is 5.11 Å². The van der Waals surface area contributed by atoms with Crippen LogP contribution >= 0.6 is 0 Å². The van der Waals surface area contributed by atoms with Gasteiger partial charge in [0.1, 0.15) is 6.23 Å². The number of aliphatic hydroxyl groups excluding tert-OH is 1. The molecule has 1 aromatic rings. The molecule has 3 heteroatoms. The van der Waals surface area contributed by atoms with Gasteiger partial charge < -0.3 is 15.7 Å². The van der Waals surface area contributed by atoms with Gasteiger partial charge in [-0.3, -0.25) is 0 Å². The first-order valence-corrected chi connectivity index (χ1v) is 4.75. The number of nitrogens with zero attached hydrogens (tertiary/aromatic N) is 1. The zero-order chi connectivity index (χ0) is 10.6. The first-order chi connectivity index (χ1) is 6.61. The van der Waals surface area contributed by atoms with E-state index in [1.807, 2.05) is 49.3 Å². The van der Waals surface area contributed by atoms with Gasteiger partial charge >= 0.3 is 0 Å². The van der Waals surface area contributed by atoms with E-state index in [1.54, 1.807) is 0 Å². The highest BCUT2D eigenvalue weighted by molar-refractivity contribution is 5.16. The summed E-state index contributed by atoms with van der Waals surface area (Å²) in [6, 6.07) is 10.0. The molecule has 3 nitrogen and oxygen atoms in total. The van der Waals surface area contributed by atoms with Crippen LogP contribution in [0.3, 0.4) is 0 Å². The number of nitrogens with two attached hydrogens (primary N) is 1. The van der Waals surface area contributed by atoms with Crippen LogP contribution in [0, 0.1) is 0 Å². The highest BCUT2D eigenvalue weighted by atomic mass is 16.3. The lowest BCUT2D eigenvalue weighted by atomic mass is 10.0. The molecule has 1 rings (SSSR count). The van der Waals surface area contributed by atoms with Crippen molar-refractivity contribution in [3.63, 3.8) is 0 Å². The highest BCUT2D eigenvalue weighted by Gasteiger charge is 2.17. The molecule has 0 fully saturated rings. The van der Waals surface area contributed by atoms with Gasteiger partial charge in [0.2, 0.25) is 0 Å². The minimum Gasteiger partial charge on any atom is -0.377 e. The molecule has 0 aliphatic rings. The molecule has 2 unspecified atom stereocenters. The summed E-state index contributed by atoms with van der Waals surface area (Å²) in [5.74, 6) is 0. The lowest BCUT2D eigenvalue weighted by Gasteiger charge is -2.26. The summed E-state index contributed by atoms with van der Waals surface area (Å²) in [5, 5.41) is 9.38. The van der Waals surface area contributed by atoms with E-state index in [-0.39, 0.29) is 6.04 Å². The molecule has 0 aliphatic heterocycles. The number of likely N-dealkylation sites (N-methyl/N-ethyl adjacent to an activating group) is 1. The van der Waals surface area contributed by atoms with Crippen LogP contribution < -0.4 is 5.73 Å². The Balaban J connectivity index is 2.65. The monoisotopic (exact) mass is 194 g/mol. The summed E-state index contributed by atoms with van der Waals surface area (Å²) in [6.45, 7) is 0. The Morgan fingerprint density at radius 3 is 2.29 bits per heavy atom. The molecule has 2 atom stereocenters. The molecule has 0 spiro atoms. The lowest BCUT2D eigenvalue weighted by Crippen LogP contribution is -2.45. The number of benzene rings is 1. The summed E-state index contributed by atoms with van der Waals surface area (Å²) < 4.78 is 0. The van der Waals surface area contributed by atoms with Gasteiger partial charge in [-0.15, -0.1) is 0 Å². The van der Waals surface area contributed by atoms with Gasteiger partial charge in [-0.05, 0) is 26.1 Å². The minimum absolute atomic E-state index is 0.0302. The summed E-state index contributed by atoms with van der Waals surface area (Å²) in [6.07, 6.45) is -0.0314. The van der Waals surface area contributed by atoms with Crippen molar-refractivity contribution in [2.75, 3.05) is 14.1 Å². The predicted molar refractivity (Wildman–Crippen MR) is 57.8 cm³/mol. The van der Waals surface area contributed by atoms with Crippen LogP contribution in [0.4, 0.5) is 0 Å². The van der Waals surface area contributed by atoms with E-state index >= 15 is 0 Å². The molecule has 0 aromatic heterocycles. The molecular weight excluding hydrogens is 176 g/mol. The van der Waals surface area contributed by atoms with Crippen molar-refractivity contribution < 1.29 is 5.11 Å². The molecule has 0 amide bonds. The molecule has 0 bridgehead atoms. The molecule has 3 N–H and O–H groups in total. The van der Waals surface area contributed by atoms with Crippen molar-refractivity contribution in [1.29, 1.82) is 0 Å². The molecule has 0 radical (unpaired) electrons. The SMILES string of the molecule is CN(C)C(Cc1ccccc1)C(N)O. The lowest BCUT2D eigenvalue weighted by molar-refractivity contribution is 0.0811. The average Bonchev–Trinajstić information content (AvgIpc) is 2.15. The second kappa shape index (κ2) is 5.10. The van der Waals surface area contributed by atoms with Gasteiger partial charge in [0.15, 0.2) is 0 Å². The Hall–Kier alpha value is -0.900. The second-order valence-corrected chi connectivity index (χ2v) is 3.71. The van der Waals surface area contributed by atoms with E-state index in [2.05, 4.69) is 0 Å². The third kappa shape index (κ3) is 3.10. The normalized spacial score (nSPS) is 15.5. The Bertz CT molecular complexity index is 251. The molecule has 0 saturated heterocycles. The number of hydrogen-bond donors (Lipinski definition) is 2. The Morgan fingerprint density at radius 2 is 1.86 bits per heavy atom. The Labute approximate surface area is 85.2 Å². The van der Waals surface area contributed by atoms with E-state index in [4.69, 9.17) is 5.73 Å². The summed E-state index contributed by atoms with van der Waals surface area (Å²) in [4.78, 5) is 1.94. The zero-order valence-corrected chi connectivity index (χ0v) is 8.72. The van der Waals surface area contributed by atoms with Crippen molar-refractivity contribution >= 4 is 0 Å². The topological polar surface area (TPSA) is 49.5 Å². The van der Waals surface area contributed by atoms with Gasteiger partial charge in [0, 0.05) is 0 Å². The number of hydrogen-bond acceptors (Lipinski definition) is 3. The molecule has 14 heavy (non-hydrogen) atoms. The molecule has 1 aromatic carbocycles. The highest BCUT2D eigenvalue weighted by Crippen LogP contribution is 2.07. The quantitative estimate of drug-likeness (QED) is 0.684. The Kier molecular flexibility index (Phi) is 4.07. The van der Waals surface area contributed by atoms with Crippen molar-refractivity contribution in [2.45, 2.75) is 18.7 Å². The fourth-order valence-corrected chi connectivity index (χ4v) is 1.46. The maximum atomic E-state index is 9.38. The van der Waals surface area contributed by atoms with Crippen molar-refractivity contribution in [1.82, 2.24) is 4.90 Å². The van der Waals surface area contributed by atoms with E-state index < -0.39 is 6.23 Å². The number of aliphatic hydroxyl groups is 1. The fraction of sp³-hybridized carbons (Fsp3) is 0.455. The third-order valence-electron chi connectivity index (χ3n) is 2.35. The molecular formula is C11H18N2O. The van der Waals surface area contributed by atoms with Crippen LogP contribution in [0.25, 0.3) is 0 Å². The largest absolute Gasteiger partial charge is 0.377 e. The first kappa shape index (κ1) is 11.2. The summed E-state index contributed by atoms with van der Waals surface area (Å²) in [7, 11) is 3.84. The van der Waals surface area contributed by atoms with Gasteiger partial charge in [0.25, 0.3) is 0 Å². The van der Waals surface area contributed by atoms with Gasteiger partial charge in [-0.1, -0.05) is 30.3 Å². The van der Waals surface area contributed by atoms with Crippen LogP contribution in [0.5, 0.6) is 0 Å². The van der Waals surface area contributed by atoms with Gasteiger partial charge in [-0.25, -0.2) is 0 Å². The van der Waals surface area contributed by atoms with Crippen molar-refractivity contribution in [2.24, 2.45) is 5.73 Å². The van der Waals surface area contributed by atoms with E-state index in [0.29, 0.717) is 0 Å². The molecule has 0 saturated carbocycles. The maximum absolute atomic E-state index is 9.38. The van der Waals surface area contributed by atoms with Crippen LogP contribution in [-0.2, 0) is 6.42 Å². The van der Waals surface area contributed by atoms with Crippen molar-refractivity contribution in [3.05, 3.63) is 35.9 Å². The second-order valence-electron chi connectivity index (χ2n) is 3.71. The number of rotatable bonds is 4. The molecule has 0 aliphatic carbocycles. The van der Waals surface area contributed by atoms with Crippen molar-refractivity contribution in [3.8, 4) is 0 Å². The Morgan fingerprint density at radius 1 is 1.29 bits per heavy atom. The minimum atomic E-state index is -0.801. The van der Waals surface area contributed by atoms with Crippen LogP contribution in [0.15, 0.2) is 30.3 Å². The van der Waals surface area contributed by atoms with Crippen LogP contribution in [0.2, 0.25) is 0 Å². The molecule has 0 heterocycles.